The van der Waals surface area contributed by atoms with Crippen LogP contribution in [-0.2, 0) is 0 Å². The molecule has 106 valence electrons. The molecular weight excluding hydrogens is 246 g/mol. The van der Waals surface area contributed by atoms with E-state index >= 15 is 0 Å². The highest BCUT2D eigenvalue weighted by molar-refractivity contribution is 5.64. The van der Waals surface area contributed by atoms with Gasteiger partial charge < -0.3 is 15.8 Å². The Kier molecular flexibility index (Phi) is 4.88. The number of anilines is 3. The minimum Gasteiger partial charge on any atom is -0.372 e. The van der Waals surface area contributed by atoms with Crippen LogP contribution in [0.5, 0.6) is 0 Å². The van der Waals surface area contributed by atoms with Gasteiger partial charge in [-0.05, 0) is 50.6 Å². The molecule has 20 heavy (non-hydrogen) atoms. The highest BCUT2D eigenvalue weighted by Crippen LogP contribution is 2.23. The quantitative estimate of drug-likeness (QED) is 0.766. The second-order valence-electron chi connectivity index (χ2n) is 4.79. The summed E-state index contributed by atoms with van der Waals surface area (Å²) in [4.78, 5) is 2.34. The number of nitrogens with zero attached hydrogens (tertiary/aromatic N) is 1. The van der Waals surface area contributed by atoms with E-state index in [-0.39, 0.29) is 0 Å². The third kappa shape index (κ3) is 3.44. The summed E-state index contributed by atoms with van der Waals surface area (Å²) in [5.74, 6) is 0. The zero-order valence-corrected chi connectivity index (χ0v) is 12.5. The van der Waals surface area contributed by atoms with E-state index in [2.05, 4.69) is 54.7 Å². The number of para-hydroxylation sites is 1. The fourth-order valence-corrected chi connectivity index (χ4v) is 2.19. The molecule has 0 bridgehead atoms. The molecule has 0 saturated heterocycles. The van der Waals surface area contributed by atoms with Gasteiger partial charge in [0.2, 0.25) is 0 Å². The average molecular weight is 269 g/mol. The standard InChI is InChI=1S/C17H23N3/c1-4-20(5-2)16-12-11-14(3)17(13-16)19-18-15-9-7-6-8-10-15/h6-13,18-19H,4-5H2,1-3H3. The van der Waals surface area contributed by atoms with Gasteiger partial charge in [0.05, 0.1) is 11.4 Å². The predicted octanol–water partition coefficient (Wildman–Crippen LogP) is 4.28. The molecule has 2 aromatic carbocycles. The van der Waals surface area contributed by atoms with Crippen molar-refractivity contribution in [1.82, 2.24) is 0 Å². The van der Waals surface area contributed by atoms with Gasteiger partial charge in [0.25, 0.3) is 0 Å². The second kappa shape index (κ2) is 6.85. The van der Waals surface area contributed by atoms with Gasteiger partial charge in [-0.3, -0.25) is 0 Å². The van der Waals surface area contributed by atoms with Gasteiger partial charge in [0.1, 0.15) is 0 Å². The summed E-state index contributed by atoms with van der Waals surface area (Å²) in [5, 5.41) is 0. The van der Waals surface area contributed by atoms with Crippen LogP contribution in [0.1, 0.15) is 19.4 Å². The topological polar surface area (TPSA) is 27.3 Å². The highest BCUT2D eigenvalue weighted by atomic mass is 15.4. The Morgan fingerprint density at radius 1 is 0.900 bits per heavy atom. The SMILES string of the molecule is CCN(CC)c1ccc(C)c(NNc2ccccc2)c1. The predicted molar refractivity (Wildman–Crippen MR) is 88.4 cm³/mol. The lowest BCUT2D eigenvalue weighted by atomic mass is 10.1. The number of aryl methyl sites for hydroxylation is 1. The van der Waals surface area contributed by atoms with E-state index < -0.39 is 0 Å². The molecule has 0 saturated carbocycles. The zero-order chi connectivity index (χ0) is 14.4. The number of hydrazine groups is 1. The summed E-state index contributed by atoms with van der Waals surface area (Å²) < 4.78 is 0. The molecule has 0 aromatic heterocycles. The normalized spacial score (nSPS) is 10.2. The van der Waals surface area contributed by atoms with E-state index in [9.17, 15) is 0 Å². The van der Waals surface area contributed by atoms with Gasteiger partial charge >= 0.3 is 0 Å². The van der Waals surface area contributed by atoms with Crippen molar-refractivity contribution in [1.29, 1.82) is 0 Å². The summed E-state index contributed by atoms with van der Waals surface area (Å²) in [6.45, 7) is 8.51. The lowest BCUT2D eigenvalue weighted by molar-refractivity contribution is 0.866. The number of hydrogen-bond donors (Lipinski definition) is 2. The fraction of sp³-hybridized carbons (Fsp3) is 0.294. The second-order valence-corrected chi connectivity index (χ2v) is 4.79. The van der Waals surface area contributed by atoms with Crippen LogP contribution >= 0.6 is 0 Å². The Hall–Kier alpha value is -2.16. The molecular formula is C17H23N3. The Bertz CT molecular complexity index is 533. The van der Waals surface area contributed by atoms with E-state index in [0.717, 1.165) is 24.5 Å². The number of nitrogens with one attached hydrogen (secondary N) is 2. The smallest absolute Gasteiger partial charge is 0.0589 e. The number of benzene rings is 2. The molecule has 2 rings (SSSR count). The lowest BCUT2D eigenvalue weighted by Gasteiger charge is -2.23. The molecule has 0 aliphatic heterocycles. The Balaban J connectivity index is 2.12. The van der Waals surface area contributed by atoms with Crippen molar-refractivity contribution in [3.8, 4) is 0 Å². The molecule has 2 aromatic rings. The maximum Gasteiger partial charge on any atom is 0.0589 e. The molecule has 0 unspecified atom stereocenters. The number of hydrogen-bond acceptors (Lipinski definition) is 3. The van der Waals surface area contributed by atoms with Crippen molar-refractivity contribution in [2.75, 3.05) is 28.8 Å². The van der Waals surface area contributed by atoms with E-state index in [4.69, 9.17) is 0 Å². The van der Waals surface area contributed by atoms with Crippen molar-refractivity contribution >= 4 is 17.1 Å². The number of rotatable bonds is 6. The van der Waals surface area contributed by atoms with Gasteiger partial charge in [-0.1, -0.05) is 24.3 Å². The summed E-state index contributed by atoms with van der Waals surface area (Å²) in [6.07, 6.45) is 0. The van der Waals surface area contributed by atoms with Crippen molar-refractivity contribution in [2.45, 2.75) is 20.8 Å². The van der Waals surface area contributed by atoms with Gasteiger partial charge in [-0.15, -0.1) is 0 Å². The van der Waals surface area contributed by atoms with Crippen LogP contribution in [0.25, 0.3) is 0 Å². The van der Waals surface area contributed by atoms with Crippen LogP contribution in [0.2, 0.25) is 0 Å². The first-order valence-corrected chi connectivity index (χ1v) is 7.17. The van der Waals surface area contributed by atoms with Crippen molar-refractivity contribution < 1.29 is 0 Å². The van der Waals surface area contributed by atoms with E-state index in [0.29, 0.717) is 0 Å². The molecule has 0 amide bonds. The molecule has 0 aliphatic carbocycles. The molecule has 0 aliphatic rings. The van der Waals surface area contributed by atoms with Gasteiger partial charge in [-0.25, -0.2) is 0 Å². The molecule has 0 atom stereocenters. The van der Waals surface area contributed by atoms with Crippen LogP contribution in [-0.4, -0.2) is 13.1 Å². The maximum atomic E-state index is 3.30. The molecule has 0 heterocycles. The van der Waals surface area contributed by atoms with Crippen LogP contribution in [0, 0.1) is 6.92 Å². The third-order valence-electron chi connectivity index (χ3n) is 3.47. The highest BCUT2D eigenvalue weighted by Gasteiger charge is 2.05. The molecule has 3 nitrogen and oxygen atoms in total. The van der Waals surface area contributed by atoms with Crippen molar-refractivity contribution in [3.63, 3.8) is 0 Å². The van der Waals surface area contributed by atoms with Crippen molar-refractivity contribution in [2.24, 2.45) is 0 Å². The monoisotopic (exact) mass is 269 g/mol. The largest absolute Gasteiger partial charge is 0.372 e. The van der Waals surface area contributed by atoms with Gasteiger partial charge in [0, 0.05) is 18.8 Å². The van der Waals surface area contributed by atoms with Gasteiger partial charge in [-0.2, -0.15) is 0 Å². The minimum atomic E-state index is 1.02. The Labute approximate surface area is 121 Å². The van der Waals surface area contributed by atoms with Crippen LogP contribution in [0.4, 0.5) is 17.1 Å². The third-order valence-corrected chi connectivity index (χ3v) is 3.47. The summed E-state index contributed by atoms with van der Waals surface area (Å²) in [5.41, 5.74) is 11.2. The van der Waals surface area contributed by atoms with E-state index in [1.165, 1.54) is 11.3 Å². The summed E-state index contributed by atoms with van der Waals surface area (Å²) in [7, 11) is 0. The Morgan fingerprint density at radius 2 is 1.60 bits per heavy atom. The Morgan fingerprint density at radius 3 is 2.25 bits per heavy atom. The first-order chi connectivity index (χ1) is 9.74. The maximum absolute atomic E-state index is 3.30. The first kappa shape index (κ1) is 14.3. The fourth-order valence-electron chi connectivity index (χ4n) is 2.19. The first-order valence-electron chi connectivity index (χ1n) is 7.17. The van der Waals surface area contributed by atoms with Gasteiger partial charge in [0.15, 0.2) is 0 Å². The van der Waals surface area contributed by atoms with E-state index in [1.54, 1.807) is 0 Å². The summed E-state index contributed by atoms with van der Waals surface area (Å²) in [6, 6.07) is 16.6. The van der Waals surface area contributed by atoms with Crippen LogP contribution in [0.3, 0.4) is 0 Å². The molecule has 3 heteroatoms. The molecule has 0 spiro atoms. The van der Waals surface area contributed by atoms with Crippen molar-refractivity contribution in [3.05, 3.63) is 54.1 Å². The molecule has 2 N–H and O–H groups in total. The molecule has 0 radical (unpaired) electrons. The lowest BCUT2D eigenvalue weighted by Crippen LogP contribution is -2.22. The average Bonchev–Trinajstić information content (AvgIpc) is 2.49. The van der Waals surface area contributed by atoms with Crippen LogP contribution < -0.4 is 15.8 Å². The minimum absolute atomic E-state index is 1.02. The summed E-state index contributed by atoms with van der Waals surface area (Å²) >= 11 is 0. The molecule has 0 fully saturated rings. The zero-order valence-electron chi connectivity index (χ0n) is 12.5. The van der Waals surface area contributed by atoms with E-state index in [1.807, 2.05) is 30.3 Å². The van der Waals surface area contributed by atoms with Crippen LogP contribution in [0.15, 0.2) is 48.5 Å².